The molecular weight excluding hydrogens is 214 g/mol. The van der Waals surface area contributed by atoms with E-state index in [9.17, 15) is 4.79 Å². The van der Waals surface area contributed by atoms with E-state index in [0.29, 0.717) is 5.70 Å². The van der Waals surface area contributed by atoms with Crippen molar-refractivity contribution in [2.45, 2.75) is 20.0 Å². The molecule has 1 amide bonds. The number of benzene rings is 1. The van der Waals surface area contributed by atoms with Gasteiger partial charge in [-0.1, -0.05) is 24.8 Å². The van der Waals surface area contributed by atoms with Crippen molar-refractivity contribution in [3.63, 3.8) is 0 Å². The summed E-state index contributed by atoms with van der Waals surface area (Å²) in [5.74, 6) is -0.125. The predicted octanol–water partition coefficient (Wildman–Crippen LogP) is 1.90. The Kier molecular flexibility index (Phi) is 2.95. The molecule has 1 aliphatic heterocycles. The number of rotatable bonds is 1. The van der Waals surface area contributed by atoms with Gasteiger partial charge < -0.3 is 10.6 Å². The third-order valence-corrected chi connectivity index (χ3v) is 2.60. The lowest BCUT2D eigenvalue weighted by Gasteiger charge is -2.15. The smallest absolute Gasteiger partial charge is 0.218 e. The highest BCUT2D eigenvalue weighted by Gasteiger charge is 2.18. The van der Waals surface area contributed by atoms with E-state index in [1.165, 1.54) is 6.92 Å². The first-order valence-electron chi connectivity index (χ1n) is 5.44. The largest absolute Gasteiger partial charge is 0.356 e. The van der Waals surface area contributed by atoms with Gasteiger partial charge in [-0.25, -0.2) is 0 Å². The molecule has 0 fully saturated rings. The second kappa shape index (κ2) is 4.41. The average Bonchev–Trinajstić information content (AvgIpc) is 2.38. The zero-order chi connectivity index (χ0) is 12.4. The molecule has 0 spiro atoms. The summed E-state index contributed by atoms with van der Waals surface area (Å²) in [5, 5.41) is 5.93. The van der Waals surface area contributed by atoms with Gasteiger partial charge >= 0.3 is 0 Å². The van der Waals surface area contributed by atoms with Crippen LogP contribution in [-0.2, 0) is 4.79 Å². The minimum Gasteiger partial charge on any atom is -0.356 e. The minimum absolute atomic E-state index is 0.125. The Balaban J connectivity index is 2.39. The van der Waals surface area contributed by atoms with Crippen LogP contribution in [0.15, 0.2) is 41.5 Å². The number of anilines is 1. The average molecular weight is 229 g/mol. The molecule has 1 aromatic rings. The van der Waals surface area contributed by atoms with Crippen molar-refractivity contribution in [1.82, 2.24) is 5.32 Å². The predicted molar refractivity (Wildman–Crippen MR) is 69.0 cm³/mol. The zero-order valence-electron chi connectivity index (χ0n) is 9.95. The van der Waals surface area contributed by atoms with Crippen LogP contribution in [0, 0.1) is 0 Å². The van der Waals surface area contributed by atoms with Gasteiger partial charge in [0.2, 0.25) is 5.91 Å². The van der Waals surface area contributed by atoms with Crippen LogP contribution < -0.4 is 10.6 Å². The number of carbonyl (C=O) groups excluding carboxylic acids is 1. The van der Waals surface area contributed by atoms with Crippen LogP contribution in [0.25, 0.3) is 0 Å². The summed E-state index contributed by atoms with van der Waals surface area (Å²) in [7, 11) is 0. The molecule has 4 nitrogen and oxygen atoms in total. The molecule has 0 saturated carbocycles. The number of nitrogens with zero attached hydrogens (tertiary/aromatic N) is 1. The lowest BCUT2D eigenvalue weighted by atomic mass is 10.1. The number of nitrogens with one attached hydrogen (secondary N) is 2. The van der Waals surface area contributed by atoms with Gasteiger partial charge in [-0.05, 0) is 13.0 Å². The van der Waals surface area contributed by atoms with Gasteiger partial charge in [0.25, 0.3) is 0 Å². The van der Waals surface area contributed by atoms with E-state index in [1.54, 1.807) is 0 Å². The molecule has 88 valence electrons. The van der Waals surface area contributed by atoms with E-state index < -0.39 is 6.17 Å². The van der Waals surface area contributed by atoms with Crippen molar-refractivity contribution >= 4 is 17.3 Å². The van der Waals surface area contributed by atoms with Crippen LogP contribution >= 0.6 is 0 Å². The molecule has 1 atom stereocenters. The number of para-hydroxylation sites is 1. The molecule has 4 heteroatoms. The Morgan fingerprint density at radius 3 is 2.88 bits per heavy atom. The number of amides is 1. The van der Waals surface area contributed by atoms with Crippen LogP contribution in [0.2, 0.25) is 0 Å². The van der Waals surface area contributed by atoms with Gasteiger partial charge in [-0.15, -0.1) is 0 Å². The number of hydrogen-bond acceptors (Lipinski definition) is 3. The molecule has 1 aliphatic rings. The lowest BCUT2D eigenvalue weighted by molar-refractivity contribution is -0.119. The van der Waals surface area contributed by atoms with Gasteiger partial charge in [0, 0.05) is 23.9 Å². The number of carbonyl (C=O) groups is 1. The maximum absolute atomic E-state index is 11.1. The van der Waals surface area contributed by atoms with E-state index >= 15 is 0 Å². The zero-order valence-corrected chi connectivity index (χ0v) is 9.95. The summed E-state index contributed by atoms with van der Waals surface area (Å²) in [6, 6.07) is 7.87. The fraction of sp³-hybridized carbons (Fsp3) is 0.231. The van der Waals surface area contributed by atoms with Gasteiger partial charge in [0.1, 0.15) is 0 Å². The number of benzodiazepines with no additional fused rings is 1. The Morgan fingerprint density at radius 1 is 1.47 bits per heavy atom. The quantitative estimate of drug-likeness (QED) is 0.772. The highest BCUT2D eigenvalue weighted by atomic mass is 16.1. The van der Waals surface area contributed by atoms with Crippen LogP contribution in [0.3, 0.4) is 0 Å². The van der Waals surface area contributed by atoms with Crippen molar-refractivity contribution in [2.75, 3.05) is 5.32 Å². The second-order valence-corrected chi connectivity index (χ2v) is 4.01. The summed E-state index contributed by atoms with van der Waals surface area (Å²) < 4.78 is 0. The first-order chi connectivity index (χ1) is 8.08. The molecular formula is C13H15N3O. The molecule has 2 N–H and O–H groups in total. The number of fused-ring (bicyclic) bond motifs is 1. The lowest BCUT2D eigenvalue weighted by Crippen LogP contribution is -2.34. The molecule has 0 aliphatic carbocycles. The summed E-state index contributed by atoms with van der Waals surface area (Å²) in [4.78, 5) is 15.6. The minimum atomic E-state index is -0.417. The Labute approximate surface area is 100 Å². The van der Waals surface area contributed by atoms with Crippen molar-refractivity contribution in [3.8, 4) is 0 Å². The summed E-state index contributed by atoms with van der Waals surface area (Å²) in [5.41, 5.74) is 3.54. The van der Waals surface area contributed by atoms with Crippen molar-refractivity contribution in [2.24, 2.45) is 4.99 Å². The van der Waals surface area contributed by atoms with Crippen molar-refractivity contribution < 1.29 is 4.79 Å². The van der Waals surface area contributed by atoms with E-state index in [4.69, 9.17) is 0 Å². The molecule has 0 saturated heterocycles. The van der Waals surface area contributed by atoms with E-state index in [1.807, 2.05) is 31.2 Å². The first kappa shape index (κ1) is 11.4. The van der Waals surface area contributed by atoms with Gasteiger partial charge in [0.15, 0.2) is 6.17 Å². The van der Waals surface area contributed by atoms with Crippen molar-refractivity contribution in [3.05, 3.63) is 42.1 Å². The molecule has 0 aromatic heterocycles. The SMILES string of the molecule is C=C1Nc2ccccc2C(C)=NC1NC(C)=O. The van der Waals surface area contributed by atoms with Crippen LogP contribution in [0.5, 0.6) is 0 Å². The van der Waals surface area contributed by atoms with Gasteiger partial charge in [0.05, 0.1) is 5.70 Å². The van der Waals surface area contributed by atoms with Gasteiger partial charge in [-0.3, -0.25) is 9.79 Å². The topological polar surface area (TPSA) is 53.5 Å². The Bertz CT molecular complexity index is 505. The monoisotopic (exact) mass is 229 g/mol. The standard InChI is InChI=1S/C13H15N3O/c1-8-11-6-4-5-7-12(11)14-9(2)13(15-8)16-10(3)17/h4-7,13-14H,2H2,1,3H3,(H,16,17). The van der Waals surface area contributed by atoms with E-state index in [0.717, 1.165) is 17.0 Å². The molecule has 2 rings (SSSR count). The fourth-order valence-corrected chi connectivity index (χ4v) is 1.80. The van der Waals surface area contributed by atoms with Crippen LogP contribution in [-0.4, -0.2) is 17.8 Å². The molecule has 1 unspecified atom stereocenters. The van der Waals surface area contributed by atoms with Crippen LogP contribution in [0.4, 0.5) is 5.69 Å². The summed E-state index contributed by atoms with van der Waals surface area (Å²) >= 11 is 0. The molecule has 1 heterocycles. The van der Waals surface area contributed by atoms with Crippen molar-refractivity contribution in [1.29, 1.82) is 0 Å². The molecule has 0 bridgehead atoms. The second-order valence-electron chi connectivity index (χ2n) is 4.01. The highest BCUT2D eigenvalue weighted by molar-refractivity contribution is 6.04. The molecule has 17 heavy (non-hydrogen) atoms. The third-order valence-electron chi connectivity index (χ3n) is 2.60. The summed E-state index contributed by atoms with van der Waals surface area (Å²) in [6.45, 7) is 7.30. The van der Waals surface area contributed by atoms with E-state index in [2.05, 4.69) is 22.2 Å². The molecule has 0 radical (unpaired) electrons. The van der Waals surface area contributed by atoms with Gasteiger partial charge in [-0.2, -0.15) is 0 Å². The first-order valence-corrected chi connectivity index (χ1v) is 5.44. The maximum Gasteiger partial charge on any atom is 0.218 e. The fourth-order valence-electron chi connectivity index (χ4n) is 1.80. The maximum atomic E-state index is 11.1. The molecule has 1 aromatic carbocycles. The van der Waals surface area contributed by atoms with Crippen LogP contribution in [0.1, 0.15) is 19.4 Å². The third kappa shape index (κ3) is 2.36. The summed E-state index contributed by atoms with van der Waals surface area (Å²) in [6.07, 6.45) is -0.417. The Morgan fingerprint density at radius 2 is 2.18 bits per heavy atom. The normalized spacial score (nSPS) is 18.6. The number of aliphatic imine (C=N–C) groups is 1. The highest BCUT2D eigenvalue weighted by Crippen LogP contribution is 2.22. The Hall–Kier alpha value is -2.10. The number of hydrogen-bond donors (Lipinski definition) is 2. The van der Waals surface area contributed by atoms with E-state index in [-0.39, 0.29) is 5.91 Å².